The summed E-state index contributed by atoms with van der Waals surface area (Å²) in [6, 6.07) is 0.398. The first-order valence-electron chi connectivity index (χ1n) is 5.37. The number of morpholine rings is 1. The first kappa shape index (κ1) is 12.3. The van der Waals surface area contributed by atoms with Gasteiger partial charge in [0.15, 0.2) is 0 Å². The van der Waals surface area contributed by atoms with E-state index in [1.165, 1.54) is 0 Å². The van der Waals surface area contributed by atoms with Crippen LogP contribution in [0.2, 0.25) is 0 Å². The highest BCUT2D eigenvalue weighted by Crippen LogP contribution is 2.13. The highest BCUT2D eigenvalue weighted by molar-refractivity contribution is 5.82. The number of nitrogens with two attached hydrogens (primary N) is 1. The summed E-state index contributed by atoms with van der Waals surface area (Å²) in [5.74, 6) is 0.365. The van der Waals surface area contributed by atoms with Crippen LogP contribution in [0.1, 0.15) is 20.8 Å². The zero-order chi connectivity index (χ0) is 11.4. The van der Waals surface area contributed by atoms with Crippen molar-refractivity contribution in [3.63, 3.8) is 0 Å². The van der Waals surface area contributed by atoms with Crippen LogP contribution in [0.15, 0.2) is 5.16 Å². The van der Waals surface area contributed by atoms with E-state index in [0.29, 0.717) is 11.9 Å². The highest BCUT2D eigenvalue weighted by atomic mass is 16.5. The second kappa shape index (κ2) is 5.32. The molecule has 0 amide bonds. The molecule has 5 heteroatoms. The van der Waals surface area contributed by atoms with Gasteiger partial charge in [-0.15, -0.1) is 0 Å². The maximum Gasteiger partial charge on any atom is 0.143 e. The maximum atomic E-state index is 8.57. The van der Waals surface area contributed by atoms with Crippen molar-refractivity contribution in [1.29, 1.82) is 0 Å². The Kier molecular flexibility index (Phi) is 4.35. The Bertz CT molecular complexity index is 233. The lowest BCUT2D eigenvalue weighted by Crippen LogP contribution is -2.50. The van der Waals surface area contributed by atoms with Crippen molar-refractivity contribution in [2.24, 2.45) is 16.8 Å². The van der Waals surface area contributed by atoms with Gasteiger partial charge < -0.3 is 15.7 Å². The Morgan fingerprint density at radius 1 is 1.67 bits per heavy atom. The summed E-state index contributed by atoms with van der Waals surface area (Å²) in [4.78, 5) is 2.32. The number of rotatable bonds is 3. The number of ether oxygens (including phenoxy) is 1. The van der Waals surface area contributed by atoms with Crippen molar-refractivity contribution in [2.45, 2.75) is 32.9 Å². The lowest BCUT2D eigenvalue weighted by Gasteiger charge is -2.37. The predicted octanol–water partition coefficient (Wildman–Crippen LogP) is 0.478. The molecule has 3 N–H and O–H groups in total. The molecule has 0 bridgehead atoms. The van der Waals surface area contributed by atoms with Gasteiger partial charge in [-0.25, -0.2) is 0 Å². The van der Waals surface area contributed by atoms with Crippen LogP contribution in [0.3, 0.4) is 0 Å². The van der Waals surface area contributed by atoms with Gasteiger partial charge in [0.05, 0.1) is 12.7 Å². The number of hydrogen-bond donors (Lipinski definition) is 2. The standard InChI is InChI=1S/C10H21N3O2/c1-7(10(11)12-14)4-13-5-9(3)15-6-8(13)2/h7-9,14H,4-6H2,1-3H3,(H2,11,12). The van der Waals surface area contributed by atoms with E-state index < -0.39 is 0 Å². The summed E-state index contributed by atoms with van der Waals surface area (Å²) in [7, 11) is 0. The van der Waals surface area contributed by atoms with Crippen LogP contribution in [0, 0.1) is 5.92 Å². The van der Waals surface area contributed by atoms with E-state index in [-0.39, 0.29) is 12.0 Å². The molecular weight excluding hydrogens is 194 g/mol. The van der Waals surface area contributed by atoms with Gasteiger partial charge in [0, 0.05) is 25.0 Å². The van der Waals surface area contributed by atoms with E-state index in [4.69, 9.17) is 15.7 Å². The van der Waals surface area contributed by atoms with Gasteiger partial charge in [-0.1, -0.05) is 12.1 Å². The molecule has 3 unspecified atom stereocenters. The van der Waals surface area contributed by atoms with Crippen molar-refractivity contribution in [2.75, 3.05) is 19.7 Å². The SMILES string of the molecule is CC1CN(CC(C)/C(N)=N/O)C(C)CO1. The molecule has 1 heterocycles. The van der Waals surface area contributed by atoms with Crippen LogP contribution in [0.25, 0.3) is 0 Å². The number of hydrogen-bond acceptors (Lipinski definition) is 4. The van der Waals surface area contributed by atoms with Gasteiger partial charge in [-0.05, 0) is 13.8 Å². The molecule has 0 aromatic heterocycles. The molecule has 0 aromatic carbocycles. The fourth-order valence-electron chi connectivity index (χ4n) is 1.77. The summed E-state index contributed by atoms with van der Waals surface area (Å²) in [6.07, 6.45) is 0.265. The average Bonchev–Trinajstić information content (AvgIpc) is 2.22. The molecule has 15 heavy (non-hydrogen) atoms. The van der Waals surface area contributed by atoms with E-state index in [9.17, 15) is 0 Å². The van der Waals surface area contributed by atoms with Crippen LogP contribution < -0.4 is 5.73 Å². The van der Waals surface area contributed by atoms with Crippen molar-refractivity contribution in [3.8, 4) is 0 Å². The van der Waals surface area contributed by atoms with Gasteiger partial charge >= 0.3 is 0 Å². The molecule has 1 fully saturated rings. The Labute approximate surface area is 90.9 Å². The van der Waals surface area contributed by atoms with Gasteiger partial charge in [0.1, 0.15) is 5.84 Å². The van der Waals surface area contributed by atoms with E-state index in [0.717, 1.165) is 19.7 Å². The first-order chi connectivity index (χ1) is 7.04. The van der Waals surface area contributed by atoms with Gasteiger partial charge in [-0.3, -0.25) is 4.90 Å². The first-order valence-corrected chi connectivity index (χ1v) is 5.37. The van der Waals surface area contributed by atoms with E-state index in [1.54, 1.807) is 0 Å². The Hall–Kier alpha value is -0.810. The van der Waals surface area contributed by atoms with Crippen molar-refractivity contribution >= 4 is 5.84 Å². The zero-order valence-corrected chi connectivity index (χ0v) is 9.68. The summed E-state index contributed by atoms with van der Waals surface area (Å²) in [5, 5.41) is 11.6. The fourth-order valence-corrected chi connectivity index (χ4v) is 1.77. The third-order valence-electron chi connectivity index (χ3n) is 2.87. The van der Waals surface area contributed by atoms with Crippen molar-refractivity contribution < 1.29 is 9.94 Å². The quantitative estimate of drug-likeness (QED) is 0.311. The zero-order valence-electron chi connectivity index (χ0n) is 9.68. The minimum Gasteiger partial charge on any atom is -0.409 e. The summed E-state index contributed by atoms with van der Waals surface area (Å²) in [6.45, 7) is 8.62. The highest BCUT2D eigenvalue weighted by Gasteiger charge is 2.25. The lowest BCUT2D eigenvalue weighted by molar-refractivity contribution is -0.0512. The Morgan fingerprint density at radius 2 is 2.33 bits per heavy atom. The number of amidine groups is 1. The molecular formula is C10H21N3O2. The second-order valence-corrected chi connectivity index (χ2v) is 4.37. The monoisotopic (exact) mass is 215 g/mol. The maximum absolute atomic E-state index is 8.57. The molecule has 1 aliphatic rings. The van der Waals surface area contributed by atoms with Crippen LogP contribution in [-0.2, 0) is 4.74 Å². The molecule has 88 valence electrons. The molecule has 1 rings (SSSR count). The van der Waals surface area contributed by atoms with Gasteiger partial charge in [-0.2, -0.15) is 0 Å². The molecule has 1 aliphatic heterocycles. The Balaban J connectivity index is 2.48. The summed E-state index contributed by atoms with van der Waals surface area (Å²) in [5.41, 5.74) is 5.56. The number of oxime groups is 1. The van der Waals surface area contributed by atoms with Crippen LogP contribution in [0.4, 0.5) is 0 Å². The van der Waals surface area contributed by atoms with Crippen molar-refractivity contribution in [3.05, 3.63) is 0 Å². The fraction of sp³-hybridized carbons (Fsp3) is 0.900. The second-order valence-electron chi connectivity index (χ2n) is 4.37. The minimum atomic E-state index is 0.0720. The van der Waals surface area contributed by atoms with E-state index in [2.05, 4.69) is 23.9 Å². The third kappa shape index (κ3) is 3.35. The number of nitrogens with zero attached hydrogens (tertiary/aromatic N) is 2. The lowest BCUT2D eigenvalue weighted by atomic mass is 10.1. The topological polar surface area (TPSA) is 71.1 Å². The van der Waals surface area contributed by atoms with Crippen molar-refractivity contribution in [1.82, 2.24) is 4.90 Å². The van der Waals surface area contributed by atoms with Gasteiger partial charge in [0.2, 0.25) is 0 Å². The average molecular weight is 215 g/mol. The van der Waals surface area contributed by atoms with E-state index >= 15 is 0 Å². The predicted molar refractivity (Wildman–Crippen MR) is 59.0 cm³/mol. The summed E-state index contributed by atoms with van der Waals surface area (Å²) < 4.78 is 5.54. The van der Waals surface area contributed by atoms with Crippen LogP contribution in [-0.4, -0.2) is 47.8 Å². The molecule has 5 nitrogen and oxygen atoms in total. The molecule has 0 saturated carbocycles. The van der Waals surface area contributed by atoms with Crippen LogP contribution in [0.5, 0.6) is 0 Å². The third-order valence-corrected chi connectivity index (χ3v) is 2.87. The molecule has 1 saturated heterocycles. The smallest absolute Gasteiger partial charge is 0.143 e. The summed E-state index contributed by atoms with van der Waals surface area (Å²) >= 11 is 0. The molecule has 0 radical (unpaired) electrons. The molecule has 0 spiro atoms. The van der Waals surface area contributed by atoms with E-state index in [1.807, 2.05) is 6.92 Å². The Morgan fingerprint density at radius 3 is 2.93 bits per heavy atom. The molecule has 0 aromatic rings. The minimum absolute atomic E-state index is 0.0720. The largest absolute Gasteiger partial charge is 0.409 e. The van der Waals surface area contributed by atoms with Crippen LogP contribution >= 0.6 is 0 Å². The van der Waals surface area contributed by atoms with Gasteiger partial charge in [0.25, 0.3) is 0 Å². The normalized spacial score (nSPS) is 31.5. The molecule has 3 atom stereocenters. The molecule has 0 aliphatic carbocycles.